The van der Waals surface area contributed by atoms with Gasteiger partial charge in [0.2, 0.25) is 0 Å². The van der Waals surface area contributed by atoms with Crippen LogP contribution < -0.4 is 18.9 Å². The van der Waals surface area contributed by atoms with Crippen LogP contribution in [0.15, 0.2) is 60.7 Å². The third-order valence-electron chi connectivity index (χ3n) is 12.4. The summed E-state index contributed by atoms with van der Waals surface area (Å²) in [6.45, 7) is 12.1. The average molecular weight is 879 g/mol. The molecule has 0 fully saturated rings. The third-order valence-corrected chi connectivity index (χ3v) is 12.4. The maximum absolute atomic E-state index is 6.61. The van der Waals surface area contributed by atoms with Crippen LogP contribution in [0.3, 0.4) is 0 Å². The molecule has 0 amide bonds. The fourth-order valence-corrected chi connectivity index (χ4v) is 8.16. The highest BCUT2D eigenvalue weighted by Crippen LogP contribution is 2.33. The molecule has 0 atom stereocenters. The molecule has 0 aromatic heterocycles. The lowest BCUT2D eigenvalue weighted by Gasteiger charge is -2.16. The summed E-state index contributed by atoms with van der Waals surface area (Å²) < 4.78 is 25.5. The van der Waals surface area contributed by atoms with Gasteiger partial charge in [-0.1, -0.05) is 243 Å². The highest BCUT2D eigenvalue weighted by molar-refractivity contribution is 5.79. The number of ether oxygens (including phenoxy) is 4. The first kappa shape index (κ1) is 54.7. The van der Waals surface area contributed by atoms with Gasteiger partial charge in [0.1, 0.15) is 23.0 Å². The maximum Gasteiger partial charge on any atom is 0.127 e. The molecule has 0 aliphatic heterocycles. The molecular weight excluding hydrogens is 785 g/mol. The van der Waals surface area contributed by atoms with Crippen LogP contribution >= 0.6 is 0 Å². The number of unbranched alkanes of at least 4 members (excludes halogenated alkanes) is 26. The molecule has 3 rings (SSSR count). The van der Waals surface area contributed by atoms with Crippen molar-refractivity contribution in [3.8, 4) is 23.0 Å². The molecule has 3 aromatic carbocycles. The van der Waals surface area contributed by atoms with Crippen LogP contribution in [-0.2, 0) is 0 Å². The number of rotatable bonds is 42. The molecule has 0 unspecified atom stereocenters. The highest BCUT2D eigenvalue weighted by atomic mass is 16.5. The minimum Gasteiger partial charge on any atom is -0.494 e. The normalized spacial score (nSPS) is 11.6. The molecular formula is C60H94O4. The second-order valence-electron chi connectivity index (χ2n) is 18.3. The quantitative estimate of drug-likeness (QED) is 0.0420. The van der Waals surface area contributed by atoms with E-state index in [9.17, 15) is 0 Å². The first-order valence-electron chi connectivity index (χ1n) is 26.9. The van der Waals surface area contributed by atoms with Crippen LogP contribution in [0.2, 0.25) is 0 Å². The lowest BCUT2D eigenvalue weighted by Crippen LogP contribution is -2.03. The first-order valence-corrected chi connectivity index (χ1v) is 26.9. The predicted octanol–water partition coefficient (Wildman–Crippen LogP) is 19.3. The summed E-state index contributed by atoms with van der Waals surface area (Å²) >= 11 is 0. The van der Waals surface area contributed by atoms with Crippen LogP contribution in [0.5, 0.6) is 23.0 Å². The Morgan fingerprint density at radius 1 is 0.281 bits per heavy atom. The molecule has 0 bridgehead atoms. The van der Waals surface area contributed by atoms with Gasteiger partial charge in [-0.05, 0) is 73.2 Å². The Labute approximate surface area is 394 Å². The molecule has 0 saturated carbocycles. The van der Waals surface area contributed by atoms with E-state index in [4.69, 9.17) is 18.9 Å². The minimum absolute atomic E-state index is 0.708. The van der Waals surface area contributed by atoms with Crippen molar-refractivity contribution in [2.45, 2.75) is 220 Å². The third kappa shape index (κ3) is 27.0. The average Bonchev–Trinajstić information content (AvgIpc) is 3.32. The van der Waals surface area contributed by atoms with Gasteiger partial charge in [-0.15, -0.1) is 0 Å². The van der Waals surface area contributed by atoms with Gasteiger partial charge >= 0.3 is 0 Å². The second kappa shape index (κ2) is 38.6. The fraction of sp³-hybridized carbons (Fsp3) is 0.633. The number of hydrogen-bond donors (Lipinski definition) is 0. The molecule has 0 saturated heterocycles. The lowest BCUT2D eigenvalue weighted by atomic mass is 10.0. The summed E-state index contributed by atoms with van der Waals surface area (Å²) in [6, 6.07) is 21.4. The largest absolute Gasteiger partial charge is 0.494 e. The summed E-state index contributed by atoms with van der Waals surface area (Å²) in [4.78, 5) is 0. The van der Waals surface area contributed by atoms with Crippen LogP contribution in [0.1, 0.15) is 243 Å². The molecule has 3 aromatic rings. The van der Waals surface area contributed by atoms with Crippen molar-refractivity contribution >= 4 is 24.3 Å². The lowest BCUT2D eigenvalue weighted by molar-refractivity contribution is 0.295. The van der Waals surface area contributed by atoms with Gasteiger partial charge in [-0.2, -0.15) is 0 Å². The zero-order valence-electron chi connectivity index (χ0n) is 41.8. The van der Waals surface area contributed by atoms with Crippen molar-refractivity contribution in [1.82, 2.24) is 0 Å². The summed E-state index contributed by atoms with van der Waals surface area (Å²) in [7, 11) is 0. The standard InChI is InChI=1S/C60H94O4/c1-5-9-13-17-21-23-25-29-31-47-61-57-43-37-53(38-44-57)35-41-55-51-60(64-50-34-28-20-16-12-8-4)56(52-59(55)63-49-33-27-19-15-11-7-3)42-36-54-39-45-58(46-40-54)62-48-32-30-26-24-22-18-14-10-6-2/h35-46,51-52H,5-34,47-50H2,1-4H3/b41-35+,42-36+. The SMILES string of the molecule is CCCCCCCCCCCOc1ccc(/C=C/c2cc(OCCCCCCCC)c(/C=C/c3ccc(OCCCCCCCCCCC)cc3)cc2OCCCCCCCC)cc1. The molecule has 4 heteroatoms. The molecule has 0 spiro atoms. The van der Waals surface area contributed by atoms with Crippen molar-refractivity contribution < 1.29 is 18.9 Å². The summed E-state index contributed by atoms with van der Waals surface area (Å²) in [5, 5.41) is 0. The van der Waals surface area contributed by atoms with Gasteiger partial charge in [0, 0.05) is 11.1 Å². The Balaban J connectivity index is 1.68. The highest BCUT2D eigenvalue weighted by Gasteiger charge is 2.11. The first-order chi connectivity index (χ1) is 31.7. The second-order valence-corrected chi connectivity index (χ2v) is 18.3. The van der Waals surface area contributed by atoms with Gasteiger partial charge < -0.3 is 18.9 Å². The fourth-order valence-electron chi connectivity index (χ4n) is 8.16. The number of benzene rings is 3. The molecule has 0 N–H and O–H groups in total. The Morgan fingerprint density at radius 2 is 0.531 bits per heavy atom. The Bertz CT molecular complexity index is 1450. The van der Waals surface area contributed by atoms with E-state index in [1.54, 1.807) is 0 Å². The van der Waals surface area contributed by atoms with E-state index in [2.05, 4.69) is 113 Å². The summed E-state index contributed by atoms with van der Waals surface area (Å²) in [5.74, 6) is 3.69. The Hall–Kier alpha value is -3.66. The number of hydrogen-bond acceptors (Lipinski definition) is 4. The van der Waals surface area contributed by atoms with E-state index in [0.717, 1.165) is 84.1 Å². The van der Waals surface area contributed by atoms with Crippen LogP contribution in [0.25, 0.3) is 24.3 Å². The van der Waals surface area contributed by atoms with E-state index in [-0.39, 0.29) is 0 Å². The van der Waals surface area contributed by atoms with Crippen molar-refractivity contribution in [1.29, 1.82) is 0 Å². The van der Waals surface area contributed by atoms with Crippen molar-refractivity contribution in [3.05, 3.63) is 82.9 Å². The van der Waals surface area contributed by atoms with Crippen LogP contribution in [-0.4, -0.2) is 26.4 Å². The molecule has 0 radical (unpaired) electrons. The summed E-state index contributed by atoms with van der Waals surface area (Å²) in [5.41, 5.74) is 4.35. The van der Waals surface area contributed by atoms with Crippen molar-refractivity contribution in [3.63, 3.8) is 0 Å². The van der Waals surface area contributed by atoms with Crippen LogP contribution in [0.4, 0.5) is 0 Å². The monoisotopic (exact) mass is 879 g/mol. The van der Waals surface area contributed by atoms with Crippen molar-refractivity contribution in [2.24, 2.45) is 0 Å². The summed E-state index contributed by atoms with van der Waals surface area (Å²) in [6.07, 6.45) is 47.4. The maximum atomic E-state index is 6.61. The topological polar surface area (TPSA) is 36.9 Å². The Morgan fingerprint density at radius 3 is 0.812 bits per heavy atom. The molecule has 0 heterocycles. The molecule has 4 nitrogen and oxygen atoms in total. The van der Waals surface area contributed by atoms with Crippen LogP contribution in [0, 0.1) is 0 Å². The zero-order chi connectivity index (χ0) is 45.4. The predicted molar refractivity (Wildman–Crippen MR) is 280 cm³/mol. The molecule has 358 valence electrons. The van der Waals surface area contributed by atoms with Gasteiger partial charge in [-0.25, -0.2) is 0 Å². The van der Waals surface area contributed by atoms with Gasteiger partial charge in [0.25, 0.3) is 0 Å². The van der Waals surface area contributed by atoms with E-state index in [1.165, 1.54) is 167 Å². The minimum atomic E-state index is 0.708. The van der Waals surface area contributed by atoms with E-state index < -0.39 is 0 Å². The van der Waals surface area contributed by atoms with Crippen molar-refractivity contribution in [2.75, 3.05) is 26.4 Å². The smallest absolute Gasteiger partial charge is 0.127 e. The zero-order valence-corrected chi connectivity index (χ0v) is 41.8. The van der Waals surface area contributed by atoms with E-state index in [0.29, 0.717) is 13.2 Å². The van der Waals surface area contributed by atoms with Gasteiger partial charge in [-0.3, -0.25) is 0 Å². The van der Waals surface area contributed by atoms with Gasteiger partial charge in [0.15, 0.2) is 0 Å². The molecule has 0 aliphatic carbocycles. The van der Waals surface area contributed by atoms with E-state index >= 15 is 0 Å². The van der Waals surface area contributed by atoms with Gasteiger partial charge in [0.05, 0.1) is 26.4 Å². The van der Waals surface area contributed by atoms with E-state index in [1.807, 2.05) is 0 Å². The molecule has 64 heavy (non-hydrogen) atoms. The molecule has 0 aliphatic rings. The Kier molecular flexibility index (Phi) is 33.0.